The van der Waals surface area contributed by atoms with Crippen molar-refractivity contribution in [2.45, 2.75) is 32.2 Å². The summed E-state index contributed by atoms with van der Waals surface area (Å²) in [7, 11) is 0. The second-order valence-electron chi connectivity index (χ2n) is 4.86. The van der Waals surface area contributed by atoms with Crippen LogP contribution in [0.1, 0.15) is 36.6 Å². The zero-order chi connectivity index (χ0) is 11.8. The van der Waals surface area contributed by atoms with Crippen LogP contribution in [0.5, 0.6) is 0 Å². The first kappa shape index (κ1) is 11.1. The van der Waals surface area contributed by atoms with Gasteiger partial charge >= 0.3 is 0 Å². The highest BCUT2D eigenvalue weighted by Crippen LogP contribution is 2.31. The molecule has 2 heterocycles. The summed E-state index contributed by atoms with van der Waals surface area (Å²) in [6, 6.07) is 6.56. The number of rotatable bonds is 1. The molecule has 2 aromatic rings. The van der Waals surface area contributed by atoms with Crippen LogP contribution < -0.4 is 5.32 Å². The van der Waals surface area contributed by atoms with Gasteiger partial charge in [0.05, 0.1) is 0 Å². The monoisotopic (exact) mass is 248 g/mol. The van der Waals surface area contributed by atoms with Crippen LogP contribution in [-0.4, -0.2) is 11.5 Å². The van der Waals surface area contributed by atoms with Gasteiger partial charge in [0.1, 0.15) is 0 Å². The molecule has 1 fully saturated rings. The summed E-state index contributed by atoms with van der Waals surface area (Å²) in [5, 5.41) is 5.67. The molecule has 1 saturated heterocycles. The lowest BCUT2D eigenvalue weighted by Crippen LogP contribution is -2.27. The number of fused-ring (bicyclic) bond motifs is 1. The molecule has 0 aliphatic carbocycles. The SMILES string of the molecule is Cc1c(C2CCCCN2)[nH]c2cc(Cl)ccc12. The van der Waals surface area contributed by atoms with Crippen molar-refractivity contribution in [3.05, 3.63) is 34.5 Å². The number of hydrogen-bond donors (Lipinski definition) is 2. The van der Waals surface area contributed by atoms with Crippen molar-refractivity contribution in [2.75, 3.05) is 6.54 Å². The lowest BCUT2D eigenvalue weighted by molar-refractivity contribution is 0.405. The molecule has 1 aromatic heterocycles. The minimum Gasteiger partial charge on any atom is -0.357 e. The maximum absolute atomic E-state index is 6.03. The van der Waals surface area contributed by atoms with E-state index in [4.69, 9.17) is 11.6 Å². The maximum Gasteiger partial charge on any atom is 0.0475 e. The Morgan fingerprint density at radius 3 is 2.94 bits per heavy atom. The number of hydrogen-bond acceptors (Lipinski definition) is 1. The Bertz CT molecular complexity index is 538. The average molecular weight is 249 g/mol. The van der Waals surface area contributed by atoms with E-state index in [-0.39, 0.29) is 0 Å². The average Bonchev–Trinajstić information content (AvgIpc) is 2.67. The van der Waals surface area contributed by atoms with E-state index in [2.05, 4.69) is 23.3 Å². The Morgan fingerprint density at radius 1 is 1.29 bits per heavy atom. The van der Waals surface area contributed by atoms with Crippen molar-refractivity contribution in [1.29, 1.82) is 0 Å². The smallest absolute Gasteiger partial charge is 0.0475 e. The second-order valence-corrected chi connectivity index (χ2v) is 5.29. The molecule has 1 aliphatic heterocycles. The quantitative estimate of drug-likeness (QED) is 0.786. The van der Waals surface area contributed by atoms with E-state index in [0.717, 1.165) is 17.1 Å². The van der Waals surface area contributed by atoms with E-state index >= 15 is 0 Å². The number of nitrogens with one attached hydrogen (secondary N) is 2. The molecule has 2 N–H and O–H groups in total. The van der Waals surface area contributed by atoms with Gasteiger partial charge < -0.3 is 10.3 Å². The molecule has 1 aliphatic rings. The Balaban J connectivity index is 2.07. The number of benzene rings is 1. The topological polar surface area (TPSA) is 27.8 Å². The van der Waals surface area contributed by atoms with Crippen LogP contribution in [0.15, 0.2) is 18.2 Å². The standard InChI is InChI=1S/C14H17ClN2/c1-9-11-6-5-10(15)8-13(11)17-14(9)12-4-2-3-7-16-12/h5-6,8,12,16-17H,2-4,7H2,1H3. The molecule has 3 rings (SSSR count). The van der Waals surface area contributed by atoms with Gasteiger partial charge in [-0.25, -0.2) is 0 Å². The third-order valence-electron chi connectivity index (χ3n) is 3.72. The molecule has 2 nitrogen and oxygen atoms in total. The fraction of sp³-hybridized carbons (Fsp3) is 0.429. The number of aromatic amines is 1. The van der Waals surface area contributed by atoms with E-state index in [9.17, 15) is 0 Å². The van der Waals surface area contributed by atoms with E-state index in [1.165, 1.54) is 35.9 Å². The molecule has 0 saturated carbocycles. The van der Waals surface area contributed by atoms with Crippen molar-refractivity contribution >= 4 is 22.5 Å². The van der Waals surface area contributed by atoms with E-state index in [0.29, 0.717) is 6.04 Å². The molecule has 0 bridgehead atoms. The Hall–Kier alpha value is -0.990. The maximum atomic E-state index is 6.03. The lowest BCUT2D eigenvalue weighted by atomic mass is 9.99. The summed E-state index contributed by atoms with van der Waals surface area (Å²) < 4.78 is 0. The highest BCUT2D eigenvalue weighted by atomic mass is 35.5. The van der Waals surface area contributed by atoms with Crippen molar-refractivity contribution in [2.24, 2.45) is 0 Å². The van der Waals surface area contributed by atoms with Crippen molar-refractivity contribution in [3.8, 4) is 0 Å². The minimum absolute atomic E-state index is 0.481. The normalized spacial score (nSPS) is 20.9. The van der Waals surface area contributed by atoms with Gasteiger partial charge in [0.2, 0.25) is 0 Å². The molecule has 1 aromatic carbocycles. The van der Waals surface area contributed by atoms with Crippen LogP contribution in [-0.2, 0) is 0 Å². The summed E-state index contributed by atoms with van der Waals surface area (Å²) in [6.45, 7) is 3.32. The largest absolute Gasteiger partial charge is 0.357 e. The van der Waals surface area contributed by atoms with Gasteiger partial charge in [0.25, 0.3) is 0 Å². The zero-order valence-corrected chi connectivity index (χ0v) is 10.8. The van der Waals surface area contributed by atoms with Gasteiger partial charge in [0.15, 0.2) is 0 Å². The molecule has 90 valence electrons. The first-order valence-corrected chi connectivity index (χ1v) is 6.64. The molecule has 3 heteroatoms. The van der Waals surface area contributed by atoms with Gasteiger partial charge in [-0.3, -0.25) is 0 Å². The summed E-state index contributed by atoms with van der Waals surface area (Å²) in [5.74, 6) is 0. The number of aryl methyl sites for hydroxylation is 1. The molecule has 17 heavy (non-hydrogen) atoms. The summed E-state index contributed by atoms with van der Waals surface area (Å²) in [6.07, 6.45) is 3.83. The van der Waals surface area contributed by atoms with Gasteiger partial charge in [-0.1, -0.05) is 24.1 Å². The number of halogens is 1. The summed E-state index contributed by atoms with van der Waals surface area (Å²) in [5.41, 5.74) is 3.84. The van der Waals surface area contributed by atoms with Gasteiger partial charge in [-0.2, -0.15) is 0 Å². The van der Waals surface area contributed by atoms with Crippen molar-refractivity contribution < 1.29 is 0 Å². The molecule has 0 amide bonds. The molecule has 1 atom stereocenters. The summed E-state index contributed by atoms with van der Waals surface area (Å²) in [4.78, 5) is 3.53. The first-order chi connectivity index (χ1) is 8.25. The van der Waals surface area contributed by atoms with Crippen LogP contribution in [0.25, 0.3) is 10.9 Å². The first-order valence-electron chi connectivity index (χ1n) is 6.27. The molecule has 1 unspecified atom stereocenters. The van der Waals surface area contributed by atoms with Crippen LogP contribution in [0, 0.1) is 6.92 Å². The fourth-order valence-electron chi connectivity index (χ4n) is 2.78. The minimum atomic E-state index is 0.481. The van der Waals surface area contributed by atoms with Crippen LogP contribution in [0.3, 0.4) is 0 Å². The third-order valence-corrected chi connectivity index (χ3v) is 3.95. The number of piperidine rings is 1. The molecular formula is C14H17ClN2. The molecular weight excluding hydrogens is 232 g/mol. The summed E-state index contributed by atoms with van der Waals surface area (Å²) >= 11 is 6.03. The molecule has 0 spiro atoms. The van der Waals surface area contributed by atoms with Gasteiger partial charge in [-0.15, -0.1) is 0 Å². The highest BCUT2D eigenvalue weighted by Gasteiger charge is 2.19. The fourth-order valence-corrected chi connectivity index (χ4v) is 2.95. The van der Waals surface area contributed by atoms with E-state index < -0.39 is 0 Å². The van der Waals surface area contributed by atoms with E-state index in [1.807, 2.05) is 12.1 Å². The number of H-pyrrole nitrogens is 1. The Kier molecular flexibility index (Phi) is 2.85. The molecule has 0 radical (unpaired) electrons. The van der Waals surface area contributed by atoms with Gasteiger partial charge in [-0.05, 0) is 44.0 Å². The van der Waals surface area contributed by atoms with Crippen LogP contribution in [0.2, 0.25) is 5.02 Å². The Labute approximate surface area is 106 Å². The van der Waals surface area contributed by atoms with Crippen LogP contribution in [0.4, 0.5) is 0 Å². The number of aromatic nitrogens is 1. The van der Waals surface area contributed by atoms with Crippen molar-refractivity contribution in [1.82, 2.24) is 10.3 Å². The highest BCUT2D eigenvalue weighted by molar-refractivity contribution is 6.31. The van der Waals surface area contributed by atoms with Crippen molar-refractivity contribution in [3.63, 3.8) is 0 Å². The second kappa shape index (κ2) is 4.35. The van der Waals surface area contributed by atoms with E-state index in [1.54, 1.807) is 0 Å². The zero-order valence-electron chi connectivity index (χ0n) is 10.0. The Morgan fingerprint density at radius 2 is 2.18 bits per heavy atom. The predicted octanol–water partition coefficient (Wildman–Crippen LogP) is 3.94. The lowest BCUT2D eigenvalue weighted by Gasteiger charge is -2.23. The van der Waals surface area contributed by atoms with Gasteiger partial charge in [0, 0.05) is 27.7 Å². The third kappa shape index (κ3) is 1.96. The van der Waals surface area contributed by atoms with Crippen LogP contribution >= 0.6 is 11.6 Å². The predicted molar refractivity (Wildman–Crippen MR) is 72.6 cm³/mol.